The van der Waals surface area contributed by atoms with Crippen LogP contribution < -0.4 is 4.74 Å². The van der Waals surface area contributed by atoms with Gasteiger partial charge in [0, 0.05) is 25.6 Å². The fourth-order valence-corrected chi connectivity index (χ4v) is 4.42. The molecular formula is C29H33FN2O4. The van der Waals surface area contributed by atoms with Crippen molar-refractivity contribution in [2.45, 2.75) is 52.8 Å². The van der Waals surface area contributed by atoms with Crippen molar-refractivity contribution in [3.63, 3.8) is 0 Å². The van der Waals surface area contributed by atoms with Crippen molar-refractivity contribution in [3.8, 4) is 5.75 Å². The first kappa shape index (κ1) is 25.5. The number of carbonyl (C=O) groups is 2. The smallest absolute Gasteiger partial charge is 0.289 e. The summed E-state index contributed by atoms with van der Waals surface area (Å²) in [4.78, 5) is 29.0. The molecule has 0 N–H and O–H groups in total. The molecular weight excluding hydrogens is 459 g/mol. The zero-order chi connectivity index (χ0) is 26.0. The van der Waals surface area contributed by atoms with Gasteiger partial charge in [0.25, 0.3) is 5.91 Å². The maximum absolute atomic E-state index is 14.2. The van der Waals surface area contributed by atoms with E-state index in [2.05, 4.69) is 0 Å². The van der Waals surface area contributed by atoms with Crippen LogP contribution >= 0.6 is 0 Å². The van der Waals surface area contributed by atoms with Crippen LogP contribution in [0.2, 0.25) is 0 Å². The molecule has 1 aliphatic rings. The van der Waals surface area contributed by atoms with Crippen LogP contribution in [0.5, 0.6) is 5.75 Å². The quantitative estimate of drug-likeness (QED) is 0.430. The highest BCUT2D eigenvalue weighted by Gasteiger charge is 2.33. The Morgan fingerprint density at radius 3 is 2.58 bits per heavy atom. The third-order valence-corrected chi connectivity index (χ3v) is 6.64. The zero-order valence-electron chi connectivity index (χ0n) is 21.5. The minimum Gasteiger partial charge on any atom is -0.486 e. The highest BCUT2D eigenvalue weighted by molar-refractivity contribution is 5.91. The van der Waals surface area contributed by atoms with Crippen molar-refractivity contribution in [2.75, 3.05) is 13.6 Å². The van der Waals surface area contributed by atoms with Gasteiger partial charge in [0.15, 0.2) is 5.76 Å². The average molecular weight is 493 g/mol. The van der Waals surface area contributed by atoms with Crippen LogP contribution in [0.3, 0.4) is 0 Å². The molecule has 0 aliphatic carbocycles. The molecule has 4 rings (SSSR count). The van der Waals surface area contributed by atoms with Crippen LogP contribution in [-0.4, -0.2) is 41.2 Å². The molecule has 2 heterocycles. The van der Waals surface area contributed by atoms with Crippen LogP contribution in [-0.2, 0) is 17.8 Å². The van der Waals surface area contributed by atoms with Crippen LogP contribution in [0.15, 0.2) is 59.0 Å². The molecule has 2 amide bonds. The molecule has 0 fully saturated rings. The Kier molecular flexibility index (Phi) is 7.48. The number of fused-ring (bicyclic) bond motifs is 1. The fraction of sp³-hybridized carbons (Fsp3) is 0.379. The van der Waals surface area contributed by atoms with E-state index in [4.69, 9.17) is 9.15 Å². The molecule has 1 aromatic heterocycles. The number of halogens is 1. The Bertz CT molecular complexity index is 1250. The van der Waals surface area contributed by atoms with Crippen molar-refractivity contribution < 1.29 is 23.1 Å². The normalized spacial score (nSPS) is 15.2. The summed E-state index contributed by atoms with van der Waals surface area (Å²) < 4.78 is 25.9. The lowest BCUT2D eigenvalue weighted by Crippen LogP contribution is -2.42. The van der Waals surface area contributed by atoms with Gasteiger partial charge in [0.05, 0.1) is 6.04 Å². The molecule has 0 radical (unpaired) electrons. The van der Waals surface area contributed by atoms with Crippen molar-refractivity contribution in [3.05, 3.63) is 88.6 Å². The molecule has 0 saturated heterocycles. The van der Waals surface area contributed by atoms with Gasteiger partial charge in [-0.1, -0.05) is 32.0 Å². The highest BCUT2D eigenvalue weighted by Crippen LogP contribution is 2.38. The monoisotopic (exact) mass is 492 g/mol. The number of ether oxygens (including phenoxy) is 1. The van der Waals surface area contributed by atoms with E-state index in [0.717, 1.165) is 16.7 Å². The summed E-state index contributed by atoms with van der Waals surface area (Å²) in [6.45, 7) is 8.35. The molecule has 190 valence electrons. The Labute approximate surface area is 211 Å². The second-order valence-corrected chi connectivity index (χ2v) is 9.82. The maximum Gasteiger partial charge on any atom is 0.289 e. The van der Waals surface area contributed by atoms with Gasteiger partial charge in [0.2, 0.25) is 5.91 Å². The van der Waals surface area contributed by atoms with Gasteiger partial charge >= 0.3 is 0 Å². The van der Waals surface area contributed by atoms with E-state index in [9.17, 15) is 14.0 Å². The summed E-state index contributed by atoms with van der Waals surface area (Å²) >= 11 is 0. The van der Waals surface area contributed by atoms with Crippen LogP contribution in [0.1, 0.15) is 66.7 Å². The van der Waals surface area contributed by atoms with E-state index in [-0.39, 0.29) is 42.0 Å². The lowest BCUT2D eigenvalue weighted by atomic mass is 9.87. The summed E-state index contributed by atoms with van der Waals surface area (Å²) in [6, 6.07) is 15.3. The summed E-state index contributed by atoms with van der Waals surface area (Å²) in [5.74, 6) is 0.745. The first-order chi connectivity index (χ1) is 17.2. The van der Waals surface area contributed by atoms with E-state index in [0.29, 0.717) is 24.5 Å². The van der Waals surface area contributed by atoms with Gasteiger partial charge in [-0.2, -0.15) is 0 Å². The number of amides is 2. The summed E-state index contributed by atoms with van der Waals surface area (Å²) in [6.07, 6.45) is 0.715. The minimum atomic E-state index is -0.401. The zero-order valence-corrected chi connectivity index (χ0v) is 21.5. The van der Waals surface area contributed by atoms with Gasteiger partial charge in [-0.05, 0) is 73.4 Å². The Balaban J connectivity index is 1.59. The van der Waals surface area contributed by atoms with E-state index >= 15 is 0 Å². The topological polar surface area (TPSA) is 63.0 Å². The standard InChI is InChI=1S/C29H33FN2O4/c1-18(2)28(33)32-14-13-20-9-10-23(16-25(20)27(32)21-7-6-8-22(30)15-21)35-17-24-11-12-26(36-24)29(34)31(5)19(3)4/h6-12,15-16,18-19,27H,13-14,17H2,1-5H3/t27-/m1/s1. The second-order valence-electron chi connectivity index (χ2n) is 9.82. The lowest BCUT2D eigenvalue weighted by Gasteiger charge is -2.39. The Morgan fingerprint density at radius 1 is 1.11 bits per heavy atom. The minimum absolute atomic E-state index is 0.0281. The van der Waals surface area contributed by atoms with Crippen molar-refractivity contribution in [1.82, 2.24) is 9.80 Å². The van der Waals surface area contributed by atoms with Crippen molar-refractivity contribution >= 4 is 11.8 Å². The summed E-state index contributed by atoms with van der Waals surface area (Å²) in [5, 5.41) is 0. The number of hydrogen-bond donors (Lipinski definition) is 0. The fourth-order valence-electron chi connectivity index (χ4n) is 4.42. The molecule has 6 nitrogen and oxygen atoms in total. The molecule has 0 spiro atoms. The lowest BCUT2D eigenvalue weighted by molar-refractivity contribution is -0.136. The molecule has 0 saturated carbocycles. The molecule has 36 heavy (non-hydrogen) atoms. The van der Waals surface area contributed by atoms with E-state index in [1.165, 1.54) is 12.1 Å². The number of benzene rings is 2. The summed E-state index contributed by atoms with van der Waals surface area (Å²) in [7, 11) is 1.74. The van der Waals surface area contributed by atoms with Gasteiger partial charge in [-0.15, -0.1) is 0 Å². The van der Waals surface area contributed by atoms with E-state index in [1.54, 1.807) is 30.1 Å². The highest BCUT2D eigenvalue weighted by atomic mass is 19.1. The summed E-state index contributed by atoms with van der Waals surface area (Å²) in [5.41, 5.74) is 2.75. The van der Waals surface area contributed by atoms with Crippen molar-refractivity contribution in [1.29, 1.82) is 0 Å². The van der Waals surface area contributed by atoms with Crippen LogP contribution in [0.25, 0.3) is 0 Å². The van der Waals surface area contributed by atoms with Crippen LogP contribution in [0.4, 0.5) is 4.39 Å². The van der Waals surface area contributed by atoms with Gasteiger partial charge in [0.1, 0.15) is 23.9 Å². The molecule has 0 unspecified atom stereocenters. The SMILES string of the molecule is CC(C)C(=O)N1CCc2ccc(OCc3ccc(C(=O)N(C)C(C)C)o3)cc2[C@H]1c1cccc(F)c1. The molecule has 1 atom stereocenters. The third kappa shape index (κ3) is 5.30. The Morgan fingerprint density at radius 2 is 1.89 bits per heavy atom. The van der Waals surface area contributed by atoms with Gasteiger partial charge < -0.3 is 19.0 Å². The maximum atomic E-state index is 14.2. The van der Waals surface area contributed by atoms with Crippen molar-refractivity contribution in [2.24, 2.45) is 5.92 Å². The molecule has 1 aliphatic heterocycles. The first-order valence-corrected chi connectivity index (χ1v) is 12.3. The first-order valence-electron chi connectivity index (χ1n) is 12.3. The van der Waals surface area contributed by atoms with Gasteiger partial charge in [-0.3, -0.25) is 9.59 Å². The molecule has 7 heteroatoms. The number of nitrogens with zero attached hydrogens (tertiary/aromatic N) is 2. The average Bonchev–Trinajstić information content (AvgIpc) is 3.34. The van der Waals surface area contributed by atoms with Gasteiger partial charge in [-0.25, -0.2) is 4.39 Å². The largest absolute Gasteiger partial charge is 0.486 e. The Hall–Kier alpha value is -3.61. The predicted octanol–water partition coefficient (Wildman–Crippen LogP) is 5.61. The van der Waals surface area contributed by atoms with E-state index in [1.807, 2.05) is 56.9 Å². The molecule has 0 bridgehead atoms. The third-order valence-electron chi connectivity index (χ3n) is 6.64. The second kappa shape index (κ2) is 10.6. The van der Waals surface area contributed by atoms with E-state index < -0.39 is 6.04 Å². The molecule has 3 aromatic rings. The number of furan rings is 1. The number of carbonyl (C=O) groups excluding carboxylic acids is 2. The molecule has 2 aromatic carbocycles. The number of hydrogen-bond acceptors (Lipinski definition) is 4. The predicted molar refractivity (Wildman–Crippen MR) is 135 cm³/mol. The number of rotatable bonds is 7. The van der Waals surface area contributed by atoms with Crippen LogP contribution in [0, 0.1) is 11.7 Å².